The summed E-state index contributed by atoms with van der Waals surface area (Å²) in [6.07, 6.45) is 0.117. The van der Waals surface area contributed by atoms with Crippen LogP contribution in [0.5, 0.6) is 0 Å². The van der Waals surface area contributed by atoms with Crippen LogP contribution >= 0.6 is 11.6 Å². The zero-order valence-electron chi connectivity index (χ0n) is 13.6. The van der Waals surface area contributed by atoms with E-state index in [1.54, 1.807) is 38.1 Å². The van der Waals surface area contributed by atoms with Crippen molar-refractivity contribution in [3.8, 4) is 0 Å². The summed E-state index contributed by atoms with van der Waals surface area (Å²) in [5.74, 6) is -1.39. The third-order valence-electron chi connectivity index (χ3n) is 4.79. The molecule has 1 aromatic rings. The Morgan fingerprint density at radius 2 is 2.04 bits per heavy atom. The minimum Gasteiger partial charge on any atom is -0.479 e. The molecule has 0 spiro atoms. The van der Waals surface area contributed by atoms with Gasteiger partial charge in [0, 0.05) is 23.5 Å². The average molecular weight is 340 g/mol. The summed E-state index contributed by atoms with van der Waals surface area (Å²) < 4.78 is 5.58. The van der Waals surface area contributed by atoms with E-state index in [-0.39, 0.29) is 24.9 Å². The van der Waals surface area contributed by atoms with E-state index in [0.29, 0.717) is 17.2 Å². The Hall–Kier alpha value is -1.59. The van der Waals surface area contributed by atoms with Crippen LogP contribution < -0.4 is 5.32 Å². The molecule has 0 saturated heterocycles. The highest BCUT2D eigenvalue weighted by molar-refractivity contribution is 6.31. The number of carboxylic acids is 1. The van der Waals surface area contributed by atoms with E-state index in [4.69, 9.17) is 16.3 Å². The van der Waals surface area contributed by atoms with Crippen molar-refractivity contribution in [3.05, 3.63) is 34.9 Å². The van der Waals surface area contributed by atoms with Crippen LogP contribution in [-0.4, -0.2) is 35.2 Å². The Balaban J connectivity index is 2.14. The third kappa shape index (κ3) is 3.08. The molecular weight excluding hydrogens is 318 g/mol. The maximum Gasteiger partial charge on any atom is 0.330 e. The van der Waals surface area contributed by atoms with Gasteiger partial charge in [0.2, 0.25) is 5.91 Å². The Labute approximate surface area is 141 Å². The maximum absolute atomic E-state index is 12.4. The number of halogens is 1. The molecule has 0 bridgehead atoms. The summed E-state index contributed by atoms with van der Waals surface area (Å²) >= 11 is 6.05. The fourth-order valence-corrected chi connectivity index (χ4v) is 3.34. The first kappa shape index (κ1) is 17.8. The van der Waals surface area contributed by atoms with E-state index in [0.717, 1.165) is 0 Å². The van der Waals surface area contributed by atoms with Crippen LogP contribution in [0.2, 0.25) is 5.02 Å². The van der Waals surface area contributed by atoms with Gasteiger partial charge < -0.3 is 15.2 Å². The summed E-state index contributed by atoms with van der Waals surface area (Å²) in [5, 5.41) is 12.9. The Morgan fingerprint density at radius 3 is 2.57 bits per heavy atom. The Morgan fingerprint density at radius 1 is 1.39 bits per heavy atom. The second kappa shape index (κ2) is 6.49. The van der Waals surface area contributed by atoms with Gasteiger partial charge in [0.15, 0.2) is 0 Å². The number of rotatable bonds is 6. The quantitative estimate of drug-likeness (QED) is 0.835. The van der Waals surface area contributed by atoms with Crippen molar-refractivity contribution in [2.75, 3.05) is 6.61 Å². The van der Waals surface area contributed by atoms with E-state index in [1.807, 2.05) is 6.92 Å². The van der Waals surface area contributed by atoms with Crippen LogP contribution in [0.4, 0.5) is 0 Å². The Kier molecular flexibility index (Phi) is 5.01. The fourth-order valence-electron chi connectivity index (χ4n) is 3.13. The Bertz CT molecular complexity index is 616. The molecule has 6 heteroatoms. The molecule has 0 radical (unpaired) electrons. The maximum atomic E-state index is 12.4. The van der Waals surface area contributed by atoms with Crippen molar-refractivity contribution >= 4 is 23.5 Å². The molecule has 2 unspecified atom stereocenters. The van der Waals surface area contributed by atoms with Gasteiger partial charge in [0.05, 0.1) is 12.5 Å². The van der Waals surface area contributed by atoms with E-state index < -0.39 is 16.9 Å². The van der Waals surface area contributed by atoms with Gasteiger partial charge >= 0.3 is 5.97 Å². The highest BCUT2D eigenvalue weighted by Gasteiger charge is 2.66. The molecule has 0 aromatic heterocycles. The zero-order chi connectivity index (χ0) is 17.3. The van der Waals surface area contributed by atoms with Gasteiger partial charge in [-0.2, -0.15) is 0 Å². The second-order valence-electron chi connectivity index (χ2n) is 6.40. The largest absolute Gasteiger partial charge is 0.479 e. The minimum atomic E-state index is -1.31. The first-order valence-electron chi connectivity index (χ1n) is 7.64. The van der Waals surface area contributed by atoms with E-state index in [1.165, 1.54) is 0 Å². The predicted octanol–water partition coefficient (Wildman–Crippen LogP) is 2.66. The molecule has 0 aliphatic heterocycles. The molecule has 1 aromatic carbocycles. The molecule has 2 N–H and O–H groups in total. The number of nitrogens with one attached hydrogen (secondary N) is 1. The first-order valence-corrected chi connectivity index (χ1v) is 8.02. The van der Waals surface area contributed by atoms with Gasteiger partial charge in [0.1, 0.15) is 5.54 Å². The summed E-state index contributed by atoms with van der Waals surface area (Å²) in [6, 6.07) is 7.03. The number of carbonyl (C=O) groups is 2. The van der Waals surface area contributed by atoms with Crippen LogP contribution in [0.3, 0.4) is 0 Å². The number of hydrogen-bond acceptors (Lipinski definition) is 3. The van der Waals surface area contributed by atoms with Crippen molar-refractivity contribution in [3.63, 3.8) is 0 Å². The molecule has 5 nitrogen and oxygen atoms in total. The molecule has 0 heterocycles. The number of hydrogen-bond donors (Lipinski definition) is 2. The summed E-state index contributed by atoms with van der Waals surface area (Å²) in [6.45, 7) is 5.99. The van der Waals surface area contributed by atoms with Crippen LogP contribution in [0, 0.1) is 5.41 Å². The number of carboxylic acid groups (broad SMARTS) is 1. The van der Waals surface area contributed by atoms with Gasteiger partial charge in [-0.15, -0.1) is 0 Å². The second-order valence-corrected chi connectivity index (χ2v) is 6.80. The molecule has 126 valence electrons. The molecule has 1 aliphatic rings. The lowest BCUT2D eigenvalue weighted by Gasteiger charge is -2.58. The molecule has 1 amide bonds. The van der Waals surface area contributed by atoms with Gasteiger partial charge in [-0.05, 0) is 18.6 Å². The normalized spacial score (nSPS) is 25.5. The standard InChI is InChI=1S/C17H22ClNO4/c1-4-23-13-10-17(15(21)22,16(13,2)3)19-14(20)9-11-7-5-6-8-12(11)18/h5-8,13H,4,9-10H2,1-3H3,(H,19,20)(H,21,22). The van der Waals surface area contributed by atoms with Crippen LogP contribution in [-0.2, 0) is 20.7 Å². The van der Waals surface area contributed by atoms with E-state index in [2.05, 4.69) is 5.32 Å². The van der Waals surface area contributed by atoms with Crippen molar-refractivity contribution < 1.29 is 19.4 Å². The van der Waals surface area contributed by atoms with Crippen molar-refractivity contribution in [1.82, 2.24) is 5.32 Å². The molecular formula is C17H22ClNO4. The van der Waals surface area contributed by atoms with Crippen molar-refractivity contribution in [2.24, 2.45) is 5.41 Å². The molecule has 2 atom stereocenters. The number of aliphatic carboxylic acids is 1. The van der Waals surface area contributed by atoms with Crippen LogP contribution in [0.15, 0.2) is 24.3 Å². The van der Waals surface area contributed by atoms with Gasteiger partial charge in [-0.3, -0.25) is 4.79 Å². The lowest BCUT2D eigenvalue weighted by atomic mass is 9.54. The SMILES string of the molecule is CCOC1CC(NC(=O)Cc2ccccc2Cl)(C(=O)O)C1(C)C. The highest BCUT2D eigenvalue weighted by atomic mass is 35.5. The number of carbonyl (C=O) groups excluding carboxylic acids is 1. The van der Waals surface area contributed by atoms with Crippen LogP contribution in [0.1, 0.15) is 32.8 Å². The molecule has 1 saturated carbocycles. The summed E-state index contributed by atoms with van der Waals surface area (Å²) in [4.78, 5) is 24.2. The molecule has 1 aliphatic carbocycles. The average Bonchev–Trinajstić information content (AvgIpc) is 2.48. The highest BCUT2D eigenvalue weighted by Crippen LogP contribution is 2.51. The topological polar surface area (TPSA) is 75.6 Å². The van der Waals surface area contributed by atoms with Crippen molar-refractivity contribution in [2.45, 2.75) is 45.3 Å². The summed E-state index contributed by atoms with van der Waals surface area (Å²) in [5.41, 5.74) is -1.33. The monoisotopic (exact) mass is 339 g/mol. The van der Waals surface area contributed by atoms with Gasteiger partial charge in [-0.1, -0.05) is 43.6 Å². The van der Waals surface area contributed by atoms with Crippen molar-refractivity contribution in [1.29, 1.82) is 0 Å². The van der Waals surface area contributed by atoms with E-state index >= 15 is 0 Å². The minimum absolute atomic E-state index is 0.0457. The summed E-state index contributed by atoms with van der Waals surface area (Å²) in [7, 11) is 0. The van der Waals surface area contributed by atoms with Crippen LogP contribution in [0.25, 0.3) is 0 Å². The number of benzene rings is 1. The number of ether oxygens (including phenoxy) is 1. The third-order valence-corrected chi connectivity index (χ3v) is 5.16. The van der Waals surface area contributed by atoms with Gasteiger partial charge in [-0.25, -0.2) is 4.79 Å². The fraction of sp³-hybridized carbons (Fsp3) is 0.529. The lowest BCUT2D eigenvalue weighted by Crippen LogP contribution is -2.76. The first-order chi connectivity index (χ1) is 10.7. The molecule has 1 fully saturated rings. The molecule has 23 heavy (non-hydrogen) atoms. The number of amides is 1. The van der Waals surface area contributed by atoms with E-state index in [9.17, 15) is 14.7 Å². The zero-order valence-corrected chi connectivity index (χ0v) is 14.3. The predicted molar refractivity (Wildman–Crippen MR) is 87.5 cm³/mol. The smallest absolute Gasteiger partial charge is 0.330 e. The molecule has 2 rings (SSSR count). The van der Waals surface area contributed by atoms with Gasteiger partial charge in [0.25, 0.3) is 0 Å². The lowest BCUT2D eigenvalue weighted by molar-refractivity contribution is -0.194.